The molecule has 0 fully saturated rings. The van der Waals surface area contributed by atoms with Gasteiger partial charge in [0.25, 0.3) is 0 Å². The van der Waals surface area contributed by atoms with Gasteiger partial charge in [-0.1, -0.05) is 90.5 Å². The van der Waals surface area contributed by atoms with Crippen LogP contribution < -0.4 is 0 Å². The largest absolute Gasteiger partial charge is 0.213 e. The van der Waals surface area contributed by atoms with Gasteiger partial charge in [-0.05, 0) is 17.4 Å². The molecule has 2 atom stereocenters. The van der Waals surface area contributed by atoms with Gasteiger partial charge >= 0.3 is 0 Å². The maximum absolute atomic E-state index is 2.33. The maximum Gasteiger partial charge on any atom is 0.00207 e. The first kappa shape index (κ1) is 14.8. The normalized spacial score (nSPS) is 16.3. The molecule has 0 amide bonds. The summed E-state index contributed by atoms with van der Waals surface area (Å²) in [4.78, 5) is 0. The Balaban J connectivity index is 1.86. The van der Waals surface area contributed by atoms with E-state index in [-0.39, 0.29) is 0 Å². The third kappa shape index (κ3) is 2.88. The van der Waals surface area contributed by atoms with E-state index in [1.807, 2.05) is 0 Å². The van der Waals surface area contributed by atoms with E-state index >= 15 is 0 Å². The van der Waals surface area contributed by atoms with Crippen LogP contribution in [-0.2, 0) is 0 Å². The predicted octanol–water partition coefficient (Wildman–Crippen LogP) is 6.06. The lowest BCUT2D eigenvalue weighted by Gasteiger charge is -2.34. The zero-order chi connectivity index (χ0) is 16.2. The topological polar surface area (TPSA) is 0 Å². The molecule has 0 saturated carbocycles. The van der Waals surface area contributed by atoms with Gasteiger partial charge in [0, 0.05) is 5.92 Å². The first-order chi connectivity index (χ1) is 11.9. The van der Waals surface area contributed by atoms with E-state index in [2.05, 4.69) is 109 Å². The molecule has 118 valence electrons. The van der Waals surface area contributed by atoms with Crippen molar-refractivity contribution >= 4 is 0 Å². The van der Waals surface area contributed by atoms with Gasteiger partial charge in [0.15, 0.2) is 0 Å². The average Bonchev–Trinajstić information content (AvgIpc) is 3.35. The Bertz CT molecular complexity index is 795. The fraction of sp³-hybridized carbons (Fsp3) is 0.125. The van der Waals surface area contributed by atoms with E-state index in [0.717, 1.165) is 0 Å². The van der Waals surface area contributed by atoms with Gasteiger partial charge in [-0.15, -0.1) is 5.56 Å². The van der Waals surface area contributed by atoms with Crippen molar-refractivity contribution in [2.45, 2.75) is 11.8 Å². The second kappa shape index (κ2) is 6.80. The fourth-order valence-corrected chi connectivity index (χ4v) is 3.86. The van der Waals surface area contributed by atoms with Crippen LogP contribution in [0.1, 0.15) is 28.5 Å². The molecule has 24 heavy (non-hydrogen) atoms. The molecule has 0 spiro atoms. The molecule has 1 aliphatic carbocycles. The molecule has 0 radical (unpaired) electrons. The number of benzene rings is 2. The van der Waals surface area contributed by atoms with Crippen molar-refractivity contribution in [2.75, 3.05) is 0 Å². The van der Waals surface area contributed by atoms with E-state index in [4.69, 9.17) is 0 Å². The summed E-state index contributed by atoms with van der Waals surface area (Å²) in [6.45, 7) is 0. The molecule has 0 aliphatic heterocycles. The quantitative estimate of drug-likeness (QED) is 0.502. The minimum absolute atomic E-state index is 0.348. The fourth-order valence-electron chi connectivity index (χ4n) is 3.86. The summed E-state index contributed by atoms with van der Waals surface area (Å²) in [5.74, 6) is 1.17. The number of hydrogen-bond acceptors (Lipinski definition) is 0. The monoisotopic (exact) mass is 309 g/mol. The van der Waals surface area contributed by atoms with Gasteiger partial charge in [-0.2, -0.15) is 12.1 Å². The molecule has 0 N–H and O–H groups in total. The highest BCUT2D eigenvalue weighted by molar-refractivity contribution is 5.41. The molecule has 3 aromatic carbocycles. The molecule has 2 unspecified atom stereocenters. The van der Waals surface area contributed by atoms with Crippen LogP contribution in [0.2, 0.25) is 0 Å². The van der Waals surface area contributed by atoms with E-state index in [1.54, 1.807) is 0 Å². The number of hydrogen-bond donors (Lipinski definition) is 0. The highest BCUT2D eigenvalue weighted by atomic mass is 14.3. The van der Waals surface area contributed by atoms with Crippen LogP contribution >= 0.6 is 0 Å². The lowest BCUT2D eigenvalue weighted by molar-refractivity contribution is 0.534. The third-order valence-electron chi connectivity index (χ3n) is 4.94. The second-order valence-corrected chi connectivity index (χ2v) is 6.39. The summed E-state index contributed by atoms with van der Waals surface area (Å²) in [5.41, 5.74) is 4.17. The molecular weight excluding hydrogens is 288 g/mol. The van der Waals surface area contributed by atoms with Crippen LogP contribution in [0.4, 0.5) is 0 Å². The first-order valence-electron chi connectivity index (χ1n) is 8.60. The summed E-state index contributed by atoms with van der Waals surface area (Å²) < 4.78 is 0. The van der Waals surface area contributed by atoms with Crippen LogP contribution in [0.25, 0.3) is 0 Å². The van der Waals surface area contributed by atoms with Crippen LogP contribution in [0.5, 0.6) is 0 Å². The summed E-state index contributed by atoms with van der Waals surface area (Å²) in [7, 11) is 0. The summed E-state index contributed by atoms with van der Waals surface area (Å²) in [5, 5.41) is 0. The van der Waals surface area contributed by atoms with Gasteiger partial charge in [0.05, 0.1) is 0 Å². The summed E-state index contributed by atoms with van der Waals surface area (Å²) in [6, 6.07) is 30.7. The smallest absolute Gasteiger partial charge is 0.00207 e. The van der Waals surface area contributed by atoms with E-state index < -0.39 is 0 Å². The molecule has 1 aliphatic rings. The van der Waals surface area contributed by atoms with Crippen LogP contribution in [0.3, 0.4) is 0 Å². The minimum atomic E-state index is 0.348. The summed E-state index contributed by atoms with van der Waals surface area (Å²) in [6.07, 6.45) is 9.01. The summed E-state index contributed by atoms with van der Waals surface area (Å²) >= 11 is 0. The average molecular weight is 309 g/mol. The van der Waals surface area contributed by atoms with E-state index in [1.165, 1.54) is 16.7 Å². The minimum Gasteiger partial charge on any atom is -0.213 e. The molecule has 0 heterocycles. The maximum atomic E-state index is 2.33. The van der Waals surface area contributed by atoms with Crippen LogP contribution in [-0.4, -0.2) is 0 Å². The Morgan fingerprint density at radius 1 is 0.625 bits per heavy atom. The van der Waals surface area contributed by atoms with Gasteiger partial charge in [0.1, 0.15) is 0 Å². The van der Waals surface area contributed by atoms with E-state index in [9.17, 15) is 0 Å². The van der Waals surface area contributed by atoms with Crippen molar-refractivity contribution in [1.82, 2.24) is 0 Å². The first-order valence-corrected chi connectivity index (χ1v) is 8.60. The SMILES string of the molecule is C1=CC(C(c2ccccc2)C(c2ccccc2)[c-]2cccc2)C=C1. The zero-order valence-electron chi connectivity index (χ0n) is 13.6. The van der Waals surface area contributed by atoms with Crippen molar-refractivity contribution < 1.29 is 0 Å². The Morgan fingerprint density at radius 2 is 1.17 bits per heavy atom. The highest BCUT2D eigenvalue weighted by Crippen LogP contribution is 2.45. The molecule has 0 aromatic heterocycles. The van der Waals surface area contributed by atoms with Crippen molar-refractivity contribution in [1.29, 1.82) is 0 Å². The van der Waals surface area contributed by atoms with Crippen molar-refractivity contribution in [3.05, 3.63) is 126 Å². The number of allylic oxidation sites excluding steroid dienone is 4. The van der Waals surface area contributed by atoms with E-state index in [0.29, 0.717) is 17.8 Å². The predicted molar refractivity (Wildman–Crippen MR) is 101 cm³/mol. The highest BCUT2D eigenvalue weighted by Gasteiger charge is 2.29. The molecule has 3 aromatic rings. The van der Waals surface area contributed by atoms with Crippen molar-refractivity contribution in [3.8, 4) is 0 Å². The van der Waals surface area contributed by atoms with Gasteiger partial charge in [-0.25, -0.2) is 12.1 Å². The molecule has 0 saturated heterocycles. The van der Waals surface area contributed by atoms with Gasteiger partial charge in [-0.3, -0.25) is 0 Å². The molecule has 4 rings (SSSR count). The Hall–Kier alpha value is -2.73. The lowest BCUT2D eigenvalue weighted by atomic mass is 9.72. The third-order valence-corrected chi connectivity index (χ3v) is 4.94. The van der Waals surface area contributed by atoms with Crippen LogP contribution in [0, 0.1) is 5.92 Å². The molecular formula is C24H21-. The Kier molecular flexibility index (Phi) is 4.20. The molecule has 0 bridgehead atoms. The van der Waals surface area contributed by atoms with Crippen LogP contribution in [0.15, 0.2) is 109 Å². The Labute approximate surface area is 144 Å². The Morgan fingerprint density at radius 3 is 1.75 bits per heavy atom. The zero-order valence-corrected chi connectivity index (χ0v) is 13.6. The van der Waals surface area contributed by atoms with Gasteiger partial charge in [0.2, 0.25) is 0 Å². The molecule has 0 nitrogen and oxygen atoms in total. The molecule has 0 heteroatoms. The lowest BCUT2D eigenvalue weighted by Crippen LogP contribution is -2.18. The van der Waals surface area contributed by atoms with Crippen molar-refractivity contribution in [3.63, 3.8) is 0 Å². The number of rotatable bonds is 5. The van der Waals surface area contributed by atoms with Gasteiger partial charge < -0.3 is 0 Å². The second-order valence-electron chi connectivity index (χ2n) is 6.39. The standard InChI is InChI=1S/C24H21/c1-3-11-19(12-4-1)23(21-15-7-8-16-21)24(22-17-9-10-18-22)20-13-5-2-6-14-20/h1-18,21,23-24H/q-1. The van der Waals surface area contributed by atoms with Crippen molar-refractivity contribution in [2.24, 2.45) is 5.92 Å².